The Bertz CT molecular complexity index is 3190. The summed E-state index contributed by atoms with van der Waals surface area (Å²) in [6.07, 6.45) is 0. The number of para-hydroxylation sites is 2. The number of aromatic nitrogens is 3. The minimum atomic E-state index is 0.587. The van der Waals surface area contributed by atoms with Crippen LogP contribution in [0.3, 0.4) is 0 Å². The molecule has 0 radical (unpaired) electrons. The van der Waals surface area contributed by atoms with Gasteiger partial charge in [0.25, 0.3) is 0 Å². The van der Waals surface area contributed by atoms with Crippen LogP contribution in [0, 0.1) is 0 Å². The Morgan fingerprint density at radius 2 is 0.923 bits per heavy atom. The number of fused-ring (bicyclic) bond motifs is 9. The van der Waals surface area contributed by atoms with Gasteiger partial charge < -0.3 is 8.83 Å². The van der Waals surface area contributed by atoms with Crippen molar-refractivity contribution >= 4 is 65.4 Å². The minimum absolute atomic E-state index is 0.587. The predicted molar refractivity (Wildman–Crippen MR) is 211 cm³/mol. The molecule has 0 bridgehead atoms. The van der Waals surface area contributed by atoms with Crippen LogP contribution in [0.2, 0.25) is 0 Å². The molecule has 0 atom stereocenters. The van der Waals surface area contributed by atoms with Gasteiger partial charge in [-0.15, -0.1) is 0 Å². The van der Waals surface area contributed by atoms with Crippen LogP contribution in [0.15, 0.2) is 173 Å². The van der Waals surface area contributed by atoms with Crippen molar-refractivity contribution in [1.82, 2.24) is 15.0 Å². The van der Waals surface area contributed by atoms with Gasteiger partial charge in [-0.2, -0.15) is 0 Å². The quantitative estimate of drug-likeness (QED) is 0.175. The highest BCUT2D eigenvalue weighted by molar-refractivity contribution is 6.19. The van der Waals surface area contributed by atoms with Crippen molar-refractivity contribution in [2.45, 2.75) is 0 Å². The molecule has 242 valence electrons. The average Bonchev–Trinajstić information content (AvgIpc) is 3.80. The van der Waals surface area contributed by atoms with E-state index < -0.39 is 0 Å². The number of benzene rings is 8. The molecule has 5 nitrogen and oxygen atoms in total. The highest BCUT2D eigenvalue weighted by Gasteiger charge is 2.21. The first-order valence-electron chi connectivity index (χ1n) is 17.4. The summed E-state index contributed by atoms with van der Waals surface area (Å²) in [6.45, 7) is 0. The van der Waals surface area contributed by atoms with E-state index in [-0.39, 0.29) is 0 Å². The SMILES string of the molecule is c1ccc(-c2nc(-c3ccc4c(ccc5ccccc54)c3)nc(-c3cccc4oc5c(-c6cccc7oc8ccccc8c67)cccc5c34)n2)cc1. The molecule has 0 spiro atoms. The normalized spacial score (nSPS) is 11.8. The summed E-state index contributed by atoms with van der Waals surface area (Å²) >= 11 is 0. The molecule has 0 saturated heterocycles. The lowest BCUT2D eigenvalue weighted by Crippen LogP contribution is -2.00. The van der Waals surface area contributed by atoms with Gasteiger partial charge in [0.15, 0.2) is 17.5 Å². The molecule has 0 saturated carbocycles. The zero-order chi connectivity index (χ0) is 34.2. The summed E-state index contributed by atoms with van der Waals surface area (Å²) in [5.74, 6) is 1.82. The van der Waals surface area contributed by atoms with Crippen LogP contribution in [-0.2, 0) is 0 Å². The number of rotatable bonds is 4. The number of nitrogens with zero attached hydrogens (tertiary/aromatic N) is 3. The van der Waals surface area contributed by atoms with Crippen molar-refractivity contribution in [3.63, 3.8) is 0 Å². The third-order valence-corrected chi connectivity index (χ3v) is 10.1. The van der Waals surface area contributed by atoms with E-state index in [0.717, 1.165) is 77.1 Å². The largest absolute Gasteiger partial charge is 0.456 e. The lowest BCUT2D eigenvalue weighted by atomic mass is 9.97. The first-order chi connectivity index (χ1) is 25.8. The van der Waals surface area contributed by atoms with Crippen molar-refractivity contribution in [2.75, 3.05) is 0 Å². The zero-order valence-electron chi connectivity index (χ0n) is 27.7. The van der Waals surface area contributed by atoms with E-state index >= 15 is 0 Å². The molecule has 0 unspecified atom stereocenters. The van der Waals surface area contributed by atoms with Crippen molar-refractivity contribution in [3.8, 4) is 45.3 Å². The molecule has 11 rings (SSSR count). The zero-order valence-corrected chi connectivity index (χ0v) is 27.7. The Morgan fingerprint density at radius 3 is 1.81 bits per heavy atom. The molecule has 0 aliphatic heterocycles. The molecular weight excluding hydrogens is 639 g/mol. The third-order valence-electron chi connectivity index (χ3n) is 10.1. The minimum Gasteiger partial charge on any atom is -0.456 e. The molecule has 52 heavy (non-hydrogen) atoms. The van der Waals surface area contributed by atoms with Gasteiger partial charge in [0.2, 0.25) is 0 Å². The molecule has 0 amide bonds. The summed E-state index contributed by atoms with van der Waals surface area (Å²) in [5.41, 5.74) is 8.08. The first kappa shape index (κ1) is 28.7. The maximum Gasteiger partial charge on any atom is 0.164 e. The standard InChI is InChI=1S/C47H27N3O2/c1-2-12-29(13-3-1)45-48-46(31-25-26-33-30(27-31)24-23-28-11-4-5-14-32(28)33)50-47(49-45)38-19-10-22-41-43(38)37-18-8-17-35(44(37)52-41)34-16-9-21-40-42(34)36-15-6-7-20-39(36)51-40/h1-27H. The molecule has 0 fully saturated rings. The topological polar surface area (TPSA) is 65.0 Å². The molecule has 0 aliphatic rings. The second-order valence-corrected chi connectivity index (χ2v) is 13.1. The fourth-order valence-corrected chi connectivity index (χ4v) is 7.74. The highest BCUT2D eigenvalue weighted by Crippen LogP contribution is 2.43. The lowest BCUT2D eigenvalue weighted by molar-refractivity contribution is 0.668. The van der Waals surface area contributed by atoms with Crippen molar-refractivity contribution in [2.24, 2.45) is 0 Å². The van der Waals surface area contributed by atoms with E-state index in [0.29, 0.717) is 17.5 Å². The van der Waals surface area contributed by atoms with E-state index in [4.69, 9.17) is 23.8 Å². The van der Waals surface area contributed by atoms with Crippen LogP contribution in [0.1, 0.15) is 0 Å². The van der Waals surface area contributed by atoms with Crippen LogP contribution >= 0.6 is 0 Å². The molecule has 5 heteroatoms. The Hall–Kier alpha value is -7.11. The molecule has 0 aliphatic carbocycles. The van der Waals surface area contributed by atoms with Gasteiger partial charge in [0.05, 0.1) is 0 Å². The predicted octanol–water partition coefficient (Wildman–Crippen LogP) is 12.6. The summed E-state index contributed by atoms with van der Waals surface area (Å²) in [4.78, 5) is 15.3. The fourth-order valence-electron chi connectivity index (χ4n) is 7.74. The maximum absolute atomic E-state index is 6.75. The van der Waals surface area contributed by atoms with E-state index in [2.05, 4.69) is 97.1 Å². The Kier molecular flexibility index (Phi) is 6.18. The van der Waals surface area contributed by atoms with Crippen LogP contribution in [0.5, 0.6) is 0 Å². The molecule has 11 aromatic rings. The van der Waals surface area contributed by atoms with E-state index in [1.165, 1.54) is 16.2 Å². The Balaban J connectivity index is 1.13. The second kappa shape index (κ2) is 11.2. The van der Waals surface area contributed by atoms with Gasteiger partial charge in [0.1, 0.15) is 22.3 Å². The van der Waals surface area contributed by atoms with Crippen LogP contribution in [-0.4, -0.2) is 15.0 Å². The lowest BCUT2D eigenvalue weighted by Gasteiger charge is -2.10. The molecule has 3 heterocycles. The van der Waals surface area contributed by atoms with E-state index in [9.17, 15) is 0 Å². The maximum atomic E-state index is 6.75. The van der Waals surface area contributed by atoms with E-state index in [1.54, 1.807) is 0 Å². The first-order valence-corrected chi connectivity index (χ1v) is 17.4. The highest BCUT2D eigenvalue weighted by atomic mass is 16.3. The fraction of sp³-hybridized carbons (Fsp3) is 0. The Labute approximate surface area is 297 Å². The van der Waals surface area contributed by atoms with Crippen LogP contribution < -0.4 is 0 Å². The summed E-state index contributed by atoms with van der Waals surface area (Å²) in [5, 5.41) is 8.88. The van der Waals surface area contributed by atoms with Crippen molar-refractivity contribution < 1.29 is 8.83 Å². The summed E-state index contributed by atoms with van der Waals surface area (Å²) in [6, 6.07) is 56.2. The molecule has 8 aromatic carbocycles. The monoisotopic (exact) mass is 665 g/mol. The molecule has 3 aromatic heterocycles. The van der Waals surface area contributed by atoms with Crippen LogP contribution in [0.25, 0.3) is 111 Å². The van der Waals surface area contributed by atoms with E-state index in [1.807, 2.05) is 66.7 Å². The van der Waals surface area contributed by atoms with Crippen LogP contribution in [0.4, 0.5) is 0 Å². The summed E-state index contributed by atoms with van der Waals surface area (Å²) < 4.78 is 13.0. The van der Waals surface area contributed by atoms with Gasteiger partial charge in [-0.3, -0.25) is 0 Å². The van der Waals surface area contributed by atoms with Gasteiger partial charge in [0, 0.05) is 43.8 Å². The number of furan rings is 2. The number of hydrogen-bond donors (Lipinski definition) is 0. The third kappa shape index (κ3) is 4.39. The van der Waals surface area contributed by atoms with Gasteiger partial charge in [-0.1, -0.05) is 140 Å². The van der Waals surface area contributed by atoms with Crippen molar-refractivity contribution in [3.05, 3.63) is 164 Å². The Morgan fingerprint density at radius 1 is 0.327 bits per heavy atom. The van der Waals surface area contributed by atoms with Crippen molar-refractivity contribution in [1.29, 1.82) is 0 Å². The average molecular weight is 666 g/mol. The van der Waals surface area contributed by atoms with Gasteiger partial charge >= 0.3 is 0 Å². The number of hydrogen-bond acceptors (Lipinski definition) is 5. The summed E-state index contributed by atoms with van der Waals surface area (Å²) in [7, 11) is 0. The smallest absolute Gasteiger partial charge is 0.164 e. The molecular formula is C47H27N3O2. The van der Waals surface area contributed by atoms with Gasteiger partial charge in [-0.05, 0) is 51.4 Å². The molecule has 0 N–H and O–H groups in total. The second-order valence-electron chi connectivity index (χ2n) is 13.1. The van der Waals surface area contributed by atoms with Gasteiger partial charge in [-0.25, -0.2) is 15.0 Å².